The maximum absolute atomic E-state index is 12.1. The molecule has 0 unspecified atom stereocenters. The Kier molecular flexibility index (Phi) is 3.22. The SMILES string of the molecule is C[C@H](C(=O)N(C)Cc1ccco1)n1cncn1. The van der Waals surface area contributed by atoms with Crippen LogP contribution in [0.1, 0.15) is 18.7 Å². The lowest BCUT2D eigenvalue weighted by Crippen LogP contribution is -2.32. The van der Waals surface area contributed by atoms with Gasteiger partial charge < -0.3 is 9.32 Å². The van der Waals surface area contributed by atoms with Crippen molar-refractivity contribution in [3.05, 3.63) is 36.8 Å². The molecule has 0 radical (unpaired) electrons. The summed E-state index contributed by atoms with van der Waals surface area (Å²) < 4.78 is 6.72. The normalized spacial score (nSPS) is 12.4. The molecular formula is C11H14N4O2. The Balaban J connectivity index is 2.00. The van der Waals surface area contributed by atoms with Gasteiger partial charge in [-0.15, -0.1) is 0 Å². The lowest BCUT2D eigenvalue weighted by Gasteiger charge is -2.20. The minimum absolute atomic E-state index is 0.0353. The van der Waals surface area contributed by atoms with Crippen LogP contribution in [0.2, 0.25) is 0 Å². The van der Waals surface area contributed by atoms with Gasteiger partial charge >= 0.3 is 0 Å². The number of carbonyl (C=O) groups excluding carboxylic acids is 1. The largest absolute Gasteiger partial charge is 0.467 e. The average Bonchev–Trinajstić information content (AvgIpc) is 2.99. The van der Waals surface area contributed by atoms with E-state index in [2.05, 4.69) is 10.1 Å². The van der Waals surface area contributed by atoms with Crippen molar-refractivity contribution < 1.29 is 9.21 Å². The van der Waals surface area contributed by atoms with Crippen LogP contribution in [0.3, 0.4) is 0 Å². The summed E-state index contributed by atoms with van der Waals surface area (Å²) in [6.07, 6.45) is 4.54. The van der Waals surface area contributed by atoms with E-state index in [-0.39, 0.29) is 11.9 Å². The van der Waals surface area contributed by atoms with Crippen molar-refractivity contribution in [2.24, 2.45) is 0 Å². The molecule has 0 N–H and O–H groups in total. The standard InChI is InChI=1S/C11H14N4O2/c1-9(15-8-12-7-13-15)11(16)14(2)6-10-4-3-5-17-10/h3-5,7-9H,6H2,1-2H3/t9-/m1/s1. The van der Waals surface area contributed by atoms with Crippen molar-refractivity contribution >= 4 is 5.91 Å². The zero-order valence-corrected chi connectivity index (χ0v) is 9.78. The van der Waals surface area contributed by atoms with Gasteiger partial charge in [0.1, 0.15) is 24.5 Å². The molecule has 0 bridgehead atoms. The Morgan fingerprint density at radius 1 is 1.65 bits per heavy atom. The Morgan fingerprint density at radius 3 is 3.06 bits per heavy atom. The van der Waals surface area contributed by atoms with Gasteiger partial charge in [-0.1, -0.05) is 0 Å². The highest BCUT2D eigenvalue weighted by Crippen LogP contribution is 2.10. The zero-order chi connectivity index (χ0) is 12.3. The highest BCUT2D eigenvalue weighted by Gasteiger charge is 2.20. The fourth-order valence-corrected chi connectivity index (χ4v) is 1.56. The van der Waals surface area contributed by atoms with Crippen LogP contribution in [0.15, 0.2) is 35.5 Å². The predicted molar refractivity (Wildman–Crippen MR) is 59.9 cm³/mol. The van der Waals surface area contributed by atoms with E-state index in [9.17, 15) is 4.79 Å². The monoisotopic (exact) mass is 234 g/mol. The summed E-state index contributed by atoms with van der Waals surface area (Å²) >= 11 is 0. The van der Waals surface area contributed by atoms with Crippen LogP contribution in [0.5, 0.6) is 0 Å². The highest BCUT2D eigenvalue weighted by atomic mass is 16.3. The molecular weight excluding hydrogens is 220 g/mol. The number of aromatic nitrogens is 3. The van der Waals surface area contributed by atoms with E-state index in [1.54, 1.807) is 31.2 Å². The van der Waals surface area contributed by atoms with Gasteiger partial charge in [0.05, 0.1) is 12.8 Å². The summed E-state index contributed by atoms with van der Waals surface area (Å²) in [6.45, 7) is 2.24. The molecule has 0 saturated carbocycles. The van der Waals surface area contributed by atoms with Crippen LogP contribution in [0, 0.1) is 0 Å². The van der Waals surface area contributed by atoms with Gasteiger partial charge in [0.2, 0.25) is 5.91 Å². The number of furan rings is 1. The lowest BCUT2D eigenvalue weighted by molar-refractivity contribution is -0.134. The molecule has 0 saturated heterocycles. The first kappa shape index (κ1) is 11.4. The van der Waals surface area contributed by atoms with E-state index in [0.717, 1.165) is 5.76 Å². The molecule has 2 rings (SSSR count). The van der Waals surface area contributed by atoms with Crippen LogP contribution >= 0.6 is 0 Å². The molecule has 6 nitrogen and oxygen atoms in total. The molecule has 2 heterocycles. The Labute approximate surface area is 98.9 Å². The van der Waals surface area contributed by atoms with Gasteiger partial charge in [-0.3, -0.25) is 4.79 Å². The summed E-state index contributed by atoms with van der Waals surface area (Å²) in [6, 6.07) is 3.27. The predicted octanol–water partition coefficient (Wildman–Crippen LogP) is 1.09. The van der Waals surface area contributed by atoms with Gasteiger partial charge in [0.25, 0.3) is 0 Å². The fourth-order valence-electron chi connectivity index (χ4n) is 1.56. The first-order valence-electron chi connectivity index (χ1n) is 5.30. The maximum Gasteiger partial charge on any atom is 0.247 e. The summed E-state index contributed by atoms with van der Waals surface area (Å²) in [5, 5.41) is 3.95. The van der Waals surface area contributed by atoms with Gasteiger partial charge in [-0.2, -0.15) is 5.10 Å². The van der Waals surface area contributed by atoms with E-state index >= 15 is 0 Å². The molecule has 0 aromatic carbocycles. The summed E-state index contributed by atoms with van der Waals surface area (Å²) in [5.74, 6) is 0.721. The molecule has 1 amide bonds. The molecule has 2 aromatic heterocycles. The zero-order valence-electron chi connectivity index (χ0n) is 9.78. The van der Waals surface area contributed by atoms with Crippen LogP contribution in [-0.2, 0) is 11.3 Å². The van der Waals surface area contributed by atoms with Crippen molar-refractivity contribution in [3.63, 3.8) is 0 Å². The fraction of sp³-hybridized carbons (Fsp3) is 0.364. The Morgan fingerprint density at radius 2 is 2.47 bits per heavy atom. The first-order valence-corrected chi connectivity index (χ1v) is 5.30. The summed E-state index contributed by atoms with van der Waals surface area (Å²) in [7, 11) is 1.73. The molecule has 17 heavy (non-hydrogen) atoms. The van der Waals surface area contributed by atoms with Gasteiger partial charge in [-0.05, 0) is 19.1 Å². The van der Waals surface area contributed by atoms with Crippen molar-refractivity contribution in [1.82, 2.24) is 19.7 Å². The van der Waals surface area contributed by atoms with E-state index in [1.807, 2.05) is 6.07 Å². The third-order valence-corrected chi connectivity index (χ3v) is 2.54. The van der Waals surface area contributed by atoms with Gasteiger partial charge in [0.15, 0.2) is 0 Å². The number of carbonyl (C=O) groups is 1. The number of hydrogen-bond donors (Lipinski definition) is 0. The van der Waals surface area contributed by atoms with Crippen LogP contribution in [0.4, 0.5) is 0 Å². The van der Waals surface area contributed by atoms with Crippen LogP contribution in [0.25, 0.3) is 0 Å². The number of nitrogens with zero attached hydrogens (tertiary/aromatic N) is 4. The van der Waals surface area contributed by atoms with E-state index < -0.39 is 0 Å². The van der Waals surface area contributed by atoms with Crippen molar-refractivity contribution in [2.45, 2.75) is 19.5 Å². The van der Waals surface area contributed by atoms with Crippen LogP contribution < -0.4 is 0 Å². The van der Waals surface area contributed by atoms with Crippen molar-refractivity contribution in [1.29, 1.82) is 0 Å². The third-order valence-electron chi connectivity index (χ3n) is 2.54. The quantitative estimate of drug-likeness (QED) is 0.794. The minimum Gasteiger partial charge on any atom is -0.467 e. The van der Waals surface area contributed by atoms with E-state index in [0.29, 0.717) is 6.54 Å². The highest BCUT2D eigenvalue weighted by molar-refractivity contribution is 5.79. The number of rotatable bonds is 4. The van der Waals surface area contributed by atoms with Crippen LogP contribution in [-0.4, -0.2) is 32.6 Å². The minimum atomic E-state index is -0.363. The third kappa shape index (κ3) is 2.52. The topological polar surface area (TPSA) is 64.2 Å². The molecule has 0 spiro atoms. The molecule has 90 valence electrons. The number of hydrogen-bond acceptors (Lipinski definition) is 4. The van der Waals surface area contributed by atoms with Crippen molar-refractivity contribution in [2.75, 3.05) is 7.05 Å². The summed E-state index contributed by atoms with van der Waals surface area (Å²) in [4.78, 5) is 17.5. The molecule has 1 atom stereocenters. The molecule has 6 heteroatoms. The smallest absolute Gasteiger partial charge is 0.247 e. The maximum atomic E-state index is 12.1. The van der Waals surface area contributed by atoms with Gasteiger partial charge in [0, 0.05) is 7.05 Å². The van der Waals surface area contributed by atoms with Crippen molar-refractivity contribution in [3.8, 4) is 0 Å². The Hall–Kier alpha value is -2.11. The molecule has 0 aliphatic rings. The average molecular weight is 234 g/mol. The van der Waals surface area contributed by atoms with E-state index in [4.69, 9.17) is 4.42 Å². The number of likely N-dealkylation sites (N-methyl/N-ethyl adjacent to an activating group) is 1. The first-order chi connectivity index (χ1) is 8.18. The second-order valence-corrected chi connectivity index (χ2v) is 3.83. The second kappa shape index (κ2) is 4.82. The molecule has 0 aliphatic heterocycles. The van der Waals surface area contributed by atoms with Gasteiger partial charge in [-0.25, -0.2) is 9.67 Å². The summed E-state index contributed by atoms with van der Waals surface area (Å²) in [5.41, 5.74) is 0. The molecule has 2 aromatic rings. The molecule has 0 fully saturated rings. The molecule has 0 aliphatic carbocycles. The number of amides is 1. The Bertz CT molecular complexity index is 464. The van der Waals surface area contributed by atoms with E-state index in [1.165, 1.54) is 17.3 Å². The lowest BCUT2D eigenvalue weighted by atomic mass is 10.3. The second-order valence-electron chi connectivity index (χ2n) is 3.83.